The molecule has 3 aromatic rings. The third-order valence-corrected chi connectivity index (χ3v) is 4.12. The van der Waals surface area contributed by atoms with E-state index in [1.807, 2.05) is 37.3 Å². The van der Waals surface area contributed by atoms with Crippen LogP contribution in [0.2, 0.25) is 0 Å². The molecule has 1 unspecified atom stereocenters. The highest BCUT2D eigenvalue weighted by atomic mass is 16.1. The van der Waals surface area contributed by atoms with Gasteiger partial charge in [-0.3, -0.25) is 4.79 Å². The molecular formula is C20H22N2O. The zero-order valence-corrected chi connectivity index (χ0v) is 13.4. The van der Waals surface area contributed by atoms with Gasteiger partial charge in [0.25, 0.3) is 0 Å². The van der Waals surface area contributed by atoms with E-state index in [-0.39, 0.29) is 11.8 Å². The van der Waals surface area contributed by atoms with Crippen molar-refractivity contribution in [1.29, 1.82) is 0 Å². The van der Waals surface area contributed by atoms with Crippen LogP contribution in [-0.2, 0) is 17.6 Å². The summed E-state index contributed by atoms with van der Waals surface area (Å²) in [6.07, 6.45) is 1.59. The van der Waals surface area contributed by atoms with E-state index in [0.29, 0.717) is 6.54 Å². The summed E-state index contributed by atoms with van der Waals surface area (Å²) in [7, 11) is 0. The minimum atomic E-state index is -0.0427. The Hall–Kier alpha value is -2.55. The van der Waals surface area contributed by atoms with Gasteiger partial charge in [-0.15, -0.1) is 0 Å². The van der Waals surface area contributed by atoms with E-state index in [0.717, 1.165) is 24.1 Å². The van der Waals surface area contributed by atoms with Gasteiger partial charge in [-0.25, -0.2) is 0 Å². The second kappa shape index (κ2) is 7.14. The lowest BCUT2D eigenvalue weighted by atomic mass is 10.0. The van der Waals surface area contributed by atoms with E-state index in [1.165, 1.54) is 10.9 Å². The van der Waals surface area contributed by atoms with Crippen LogP contribution >= 0.6 is 0 Å². The van der Waals surface area contributed by atoms with E-state index >= 15 is 0 Å². The summed E-state index contributed by atoms with van der Waals surface area (Å²) in [6, 6.07) is 20.5. The number of H-pyrrole nitrogens is 1. The van der Waals surface area contributed by atoms with Gasteiger partial charge in [-0.05, 0) is 35.9 Å². The average molecular weight is 306 g/mol. The van der Waals surface area contributed by atoms with Crippen LogP contribution in [0.4, 0.5) is 0 Å². The van der Waals surface area contributed by atoms with E-state index in [9.17, 15) is 4.79 Å². The Balaban J connectivity index is 1.51. The number of carbonyl (C=O) groups excluding carboxylic acids is 1. The molecule has 118 valence electrons. The molecular weight excluding hydrogens is 284 g/mol. The molecule has 0 radical (unpaired) electrons. The van der Waals surface area contributed by atoms with Gasteiger partial charge in [0.1, 0.15) is 0 Å². The van der Waals surface area contributed by atoms with Crippen molar-refractivity contribution in [3.63, 3.8) is 0 Å². The van der Waals surface area contributed by atoms with E-state index in [1.54, 1.807) is 0 Å². The standard InChI is InChI=1S/C20H22N2O/c1-15(13-18-14-17-9-5-6-10-19(17)22-18)20(23)21-12-11-16-7-3-2-4-8-16/h2-10,14-15,22H,11-13H2,1H3,(H,21,23). The lowest BCUT2D eigenvalue weighted by molar-refractivity contribution is -0.124. The van der Waals surface area contributed by atoms with Crippen LogP contribution in [0.1, 0.15) is 18.2 Å². The molecule has 1 heterocycles. The Morgan fingerprint density at radius 2 is 1.83 bits per heavy atom. The molecule has 23 heavy (non-hydrogen) atoms. The molecule has 0 aliphatic heterocycles. The van der Waals surface area contributed by atoms with E-state index in [2.05, 4.69) is 40.6 Å². The normalized spacial score (nSPS) is 12.2. The lowest BCUT2D eigenvalue weighted by Gasteiger charge is -2.11. The monoisotopic (exact) mass is 306 g/mol. The Morgan fingerprint density at radius 3 is 2.61 bits per heavy atom. The molecule has 0 fully saturated rings. The van der Waals surface area contributed by atoms with E-state index < -0.39 is 0 Å². The van der Waals surface area contributed by atoms with Crippen molar-refractivity contribution in [2.45, 2.75) is 19.8 Å². The summed E-state index contributed by atoms with van der Waals surface area (Å²) in [5.74, 6) is 0.0680. The lowest BCUT2D eigenvalue weighted by Crippen LogP contribution is -2.31. The van der Waals surface area contributed by atoms with Crippen LogP contribution in [0.15, 0.2) is 60.7 Å². The van der Waals surface area contributed by atoms with Crippen LogP contribution in [0.3, 0.4) is 0 Å². The van der Waals surface area contributed by atoms with Crippen LogP contribution in [-0.4, -0.2) is 17.4 Å². The number of aromatic nitrogens is 1. The highest BCUT2D eigenvalue weighted by Crippen LogP contribution is 2.17. The highest BCUT2D eigenvalue weighted by Gasteiger charge is 2.14. The molecule has 0 spiro atoms. The molecule has 0 aliphatic rings. The fourth-order valence-electron chi connectivity index (χ4n) is 2.81. The smallest absolute Gasteiger partial charge is 0.223 e. The first-order valence-corrected chi connectivity index (χ1v) is 8.10. The third kappa shape index (κ3) is 4.01. The van der Waals surface area contributed by atoms with Crippen LogP contribution in [0, 0.1) is 5.92 Å². The summed E-state index contributed by atoms with van der Waals surface area (Å²) in [6.45, 7) is 2.66. The molecule has 0 saturated heterocycles. The van der Waals surface area contributed by atoms with Crippen molar-refractivity contribution in [3.05, 3.63) is 71.9 Å². The minimum Gasteiger partial charge on any atom is -0.358 e. The first kappa shape index (κ1) is 15.3. The molecule has 3 rings (SSSR count). The van der Waals surface area contributed by atoms with Crippen molar-refractivity contribution in [1.82, 2.24) is 10.3 Å². The fourth-order valence-corrected chi connectivity index (χ4v) is 2.81. The molecule has 0 bridgehead atoms. The second-order valence-corrected chi connectivity index (χ2v) is 6.01. The Bertz CT molecular complexity index is 743. The minimum absolute atomic E-state index is 0.0427. The predicted molar refractivity (Wildman–Crippen MR) is 94.3 cm³/mol. The van der Waals surface area contributed by atoms with Gasteiger partial charge in [-0.1, -0.05) is 55.5 Å². The van der Waals surface area contributed by atoms with Crippen molar-refractivity contribution < 1.29 is 4.79 Å². The molecule has 1 atom stereocenters. The Morgan fingerprint density at radius 1 is 1.09 bits per heavy atom. The number of hydrogen-bond acceptors (Lipinski definition) is 1. The largest absolute Gasteiger partial charge is 0.358 e. The van der Waals surface area contributed by atoms with Crippen molar-refractivity contribution in [2.24, 2.45) is 5.92 Å². The maximum atomic E-state index is 12.2. The number of para-hydroxylation sites is 1. The predicted octanol–water partition coefficient (Wildman–Crippen LogP) is 3.71. The molecule has 0 aliphatic carbocycles. The SMILES string of the molecule is CC(Cc1cc2ccccc2[nH]1)C(=O)NCCc1ccccc1. The average Bonchev–Trinajstić information content (AvgIpc) is 2.98. The summed E-state index contributed by atoms with van der Waals surface area (Å²) < 4.78 is 0. The van der Waals surface area contributed by atoms with Crippen molar-refractivity contribution >= 4 is 16.8 Å². The number of fused-ring (bicyclic) bond motifs is 1. The van der Waals surface area contributed by atoms with Gasteiger partial charge < -0.3 is 10.3 Å². The van der Waals surface area contributed by atoms with Gasteiger partial charge in [0.2, 0.25) is 5.91 Å². The molecule has 0 saturated carbocycles. The van der Waals surface area contributed by atoms with Gasteiger partial charge in [-0.2, -0.15) is 0 Å². The topological polar surface area (TPSA) is 44.9 Å². The van der Waals surface area contributed by atoms with Crippen LogP contribution < -0.4 is 5.32 Å². The first-order chi connectivity index (χ1) is 11.2. The zero-order chi connectivity index (χ0) is 16.1. The first-order valence-electron chi connectivity index (χ1n) is 8.10. The number of aromatic amines is 1. The fraction of sp³-hybridized carbons (Fsp3) is 0.250. The van der Waals surface area contributed by atoms with Crippen LogP contribution in [0.5, 0.6) is 0 Å². The number of amides is 1. The zero-order valence-electron chi connectivity index (χ0n) is 13.4. The van der Waals surface area contributed by atoms with Crippen molar-refractivity contribution in [3.8, 4) is 0 Å². The number of rotatable bonds is 6. The number of nitrogens with one attached hydrogen (secondary N) is 2. The quantitative estimate of drug-likeness (QED) is 0.716. The molecule has 3 heteroatoms. The second-order valence-electron chi connectivity index (χ2n) is 6.01. The number of hydrogen-bond donors (Lipinski definition) is 2. The van der Waals surface area contributed by atoms with Gasteiger partial charge in [0.15, 0.2) is 0 Å². The summed E-state index contributed by atoms with van der Waals surface area (Å²) in [5.41, 5.74) is 3.48. The molecule has 1 aromatic heterocycles. The van der Waals surface area contributed by atoms with Gasteiger partial charge in [0.05, 0.1) is 0 Å². The van der Waals surface area contributed by atoms with Crippen LogP contribution in [0.25, 0.3) is 10.9 Å². The van der Waals surface area contributed by atoms with Crippen molar-refractivity contribution in [2.75, 3.05) is 6.54 Å². The Kier molecular flexibility index (Phi) is 4.77. The maximum absolute atomic E-state index is 12.2. The van der Waals surface area contributed by atoms with E-state index in [4.69, 9.17) is 0 Å². The van der Waals surface area contributed by atoms with Gasteiger partial charge >= 0.3 is 0 Å². The molecule has 3 nitrogen and oxygen atoms in total. The highest BCUT2D eigenvalue weighted by molar-refractivity contribution is 5.81. The Labute approximate surface area is 136 Å². The molecule has 2 aromatic carbocycles. The maximum Gasteiger partial charge on any atom is 0.223 e. The summed E-state index contributed by atoms with van der Waals surface area (Å²) in [4.78, 5) is 15.6. The number of carbonyl (C=O) groups is 1. The molecule has 2 N–H and O–H groups in total. The third-order valence-electron chi connectivity index (χ3n) is 4.12. The summed E-state index contributed by atoms with van der Waals surface area (Å²) >= 11 is 0. The number of benzene rings is 2. The van der Waals surface area contributed by atoms with Gasteiger partial charge in [0, 0.05) is 23.7 Å². The molecule has 1 amide bonds. The summed E-state index contributed by atoms with van der Waals surface area (Å²) in [5, 5.41) is 4.23.